The lowest BCUT2D eigenvalue weighted by Crippen LogP contribution is -2.28. The molecule has 0 fully saturated rings. The van der Waals surface area contributed by atoms with E-state index in [0.717, 1.165) is 51.4 Å². The number of aliphatic carboxylic acids is 2. The number of carboxylic acid groups (broad SMARTS) is 2. The highest BCUT2D eigenvalue weighted by Gasteiger charge is 2.33. The summed E-state index contributed by atoms with van der Waals surface area (Å²) in [6.07, 6.45) is 13.7. The van der Waals surface area contributed by atoms with Gasteiger partial charge < -0.3 is 14.9 Å². The summed E-state index contributed by atoms with van der Waals surface area (Å²) in [5.41, 5.74) is -0.0998. The predicted octanol–water partition coefficient (Wildman–Crippen LogP) is 6.85. The van der Waals surface area contributed by atoms with Gasteiger partial charge in [0.1, 0.15) is 0 Å². The van der Waals surface area contributed by atoms with E-state index >= 15 is 0 Å². The van der Waals surface area contributed by atoms with E-state index in [1.807, 2.05) is 0 Å². The molecule has 0 aliphatic rings. The van der Waals surface area contributed by atoms with Crippen molar-refractivity contribution in [3.63, 3.8) is 0 Å². The fourth-order valence-electron chi connectivity index (χ4n) is 4.11. The van der Waals surface area contributed by atoms with Crippen molar-refractivity contribution in [3.8, 4) is 0 Å². The zero-order valence-corrected chi connectivity index (χ0v) is 22.1. The zero-order chi connectivity index (χ0) is 26.6. The molecule has 0 saturated heterocycles. The van der Waals surface area contributed by atoms with Gasteiger partial charge in [0.05, 0.1) is 11.8 Å². The SMILES string of the molecule is CC/C=C(\C(=O)OC(=O)/C(=C\CC)C(CCCCCCC)C(=O)O)C(CCCCCCC)C(=O)O. The molecule has 0 aromatic heterocycles. The summed E-state index contributed by atoms with van der Waals surface area (Å²) in [6.45, 7) is 7.74. The third-order valence-electron chi connectivity index (χ3n) is 6.04. The normalized spacial score (nSPS) is 13.8. The second kappa shape index (κ2) is 19.8. The maximum Gasteiger partial charge on any atom is 0.342 e. The first kappa shape index (κ1) is 32.6. The highest BCUT2D eigenvalue weighted by molar-refractivity contribution is 6.05. The lowest BCUT2D eigenvalue weighted by atomic mass is 9.91. The predicted molar refractivity (Wildman–Crippen MR) is 137 cm³/mol. The molecule has 0 amide bonds. The first-order valence-corrected chi connectivity index (χ1v) is 13.4. The highest BCUT2D eigenvalue weighted by Crippen LogP contribution is 2.25. The molecule has 0 aromatic rings. The van der Waals surface area contributed by atoms with Gasteiger partial charge in [-0.2, -0.15) is 0 Å². The standard InChI is InChI=1S/C28H46O7/c1-5-9-11-13-15-19-21(25(29)30)23(17-7-3)27(33)35-28(34)24(18-8-4)22(26(31)32)20-16-14-12-10-6-2/h17-18,21-22H,5-16,19-20H2,1-4H3,(H,29,30)(H,31,32)/b23-17-,24-18-. The molecule has 0 saturated carbocycles. The number of rotatable bonds is 20. The van der Waals surface area contributed by atoms with Crippen LogP contribution < -0.4 is 0 Å². The van der Waals surface area contributed by atoms with Crippen LogP contribution in [0.3, 0.4) is 0 Å². The summed E-state index contributed by atoms with van der Waals surface area (Å²) in [7, 11) is 0. The van der Waals surface area contributed by atoms with Gasteiger partial charge in [-0.1, -0.05) is 104 Å². The van der Waals surface area contributed by atoms with Crippen LogP contribution in [0.15, 0.2) is 23.3 Å². The third-order valence-corrected chi connectivity index (χ3v) is 6.04. The smallest absolute Gasteiger partial charge is 0.342 e. The Labute approximate surface area is 211 Å². The second-order valence-corrected chi connectivity index (χ2v) is 9.00. The maximum atomic E-state index is 12.9. The van der Waals surface area contributed by atoms with Gasteiger partial charge >= 0.3 is 23.9 Å². The van der Waals surface area contributed by atoms with Crippen LogP contribution in [0, 0.1) is 11.8 Å². The molecule has 0 bridgehead atoms. The summed E-state index contributed by atoms with van der Waals surface area (Å²) >= 11 is 0. The molecular weight excluding hydrogens is 448 g/mol. The van der Waals surface area contributed by atoms with Gasteiger partial charge in [-0.15, -0.1) is 0 Å². The Hall–Kier alpha value is -2.44. The van der Waals surface area contributed by atoms with Crippen LogP contribution in [0.5, 0.6) is 0 Å². The fourth-order valence-corrected chi connectivity index (χ4v) is 4.11. The van der Waals surface area contributed by atoms with E-state index in [1.54, 1.807) is 13.8 Å². The molecule has 0 aromatic carbocycles. The second-order valence-electron chi connectivity index (χ2n) is 9.00. The number of ether oxygens (including phenoxy) is 1. The number of carbonyl (C=O) groups is 4. The Morgan fingerprint density at radius 1 is 0.600 bits per heavy atom. The number of carbonyl (C=O) groups excluding carboxylic acids is 2. The first-order chi connectivity index (χ1) is 16.7. The molecule has 0 rings (SSSR count). The van der Waals surface area contributed by atoms with Crippen LogP contribution in [-0.4, -0.2) is 34.1 Å². The molecule has 0 aliphatic heterocycles. The molecule has 0 aliphatic carbocycles. The van der Waals surface area contributed by atoms with Crippen molar-refractivity contribution >= 4 is 23.9 Å². The Morgan fingerprint density at radius 2 is 0.943 bits per heavy atom. The van der Waals surface area contributed by atoms with Gasteiger partial charge in [-0.25, -0.2) is 9.59 Å². The lowest BCUT2D eigenvalue weighted by Gasteiger charge is -2.18. The summed E-state index contributed by atoms with van der Waals surface area (Å²) in [5, 5.41) is 19.5. The van der Waals surface area contributed by atoms with Crippen LogP contribution in [0.1, 0.15) is 118 Å². The van der Waals surface area contributed by atoms with E-state index in [0.29, 0.717) is 25.7 Å². The van der Waals surface area contributed by atoms with Gasteiger partial charge in [0, 0.05) is 11.1 Å². The molecule has 200 valence electrons. The number of hydrogen-bond acceptors (Lipinski definition) is 5. The largest absolute Gasteiger partial charge is 0.481 e. The van der Waals surface area contributed by atoms with Crippen LogP contribution in [-0.2, 0) is 23.9 Å². The van der Waals surface area contributed by atoms with Crippen LogP contribution in [0.25, 0.3) is 0 Å². The number of unbranched alkanes of at least 4 members (excludes halogenated alkanes) is 8. The van der Waals surface area contributed by atoms with E-state index in [4.69, 9.17) is 4.74 Å². The lowest BCUT2D eigenvalue weighted by molar-refractivity contribution is -0.157. The van der Waals surface area contributed by atoms with E-state index in [2.05, 4.69) is 13.8 Å². The van der Waals surface area contributed by atoms with Crippen LogP contribution in [0.2, 0.25) is 0 Å². The van der Waals surface area contributed by atoms with Crippen molar-refractivity contribution in [2.75, 3.05) is 0 Å². The highest BCUT2D eigenvalue weighted by atomic mass is 16.6. The zero-order valence-electron chi connectivity index (χ0n) is 22.1. The van der Waals surface area contributed by atoms with Gasteiger partial charge in [0.15, 0.2) is 0 Å². The summed E-state index contributed by atoms with van der Waals surface area (Å²) < 4.78 is 5.09. The Balaban J connectivity index is 5.49. The number of allylic oxidation sites excluding steroid dienone is 2. The van der Waals surface area contributed by atoms with E-state index in [1.165, 1.54) is 12.2 Å². The quantitative estimate of drug-likeness (QED) is 0.0822. The molecule has 2 N–H and O–H groups in total. The van der Waals surface area contributed by atoms with Crippen molar-refractivity contribution < 1.29 is 34.1 Å². The van der Waals surface area contributed by atoms with Crippen molar-refractivity contribution in [3.05, 3.63) is 23.3 Å². The molecular formula is C28H46O7. The number of carboxylic acids is 2. The first-order valence-electron chi connectivity index (χ1n) is 13.4. The molecule has 0 spiro atoms. The molecule has 0 radical (unpaired) electrons. The Morgan fingerprint density at radius 3 is 1.23 bits per heavy atom. The van der Waals surface area contributed by atoms with E-state index in [9.17, 15) is 29.4 Å². The van der Waals surface area contributed by atoms with E-state index in [-0.39, 0.29) is 24.0 Å². The topological polar surface area (TPSA) is 118 Å². The van der Waals surface area contributed by atoms with Gasteiger partial charge in [-0.05, 0) is 25.7 Å². The molecule has 2 unspecified atom stereocenters. The minimum absolute atomic E-state index is 0.0499. The third kappa shape index (κ3) is 13.3. The fraction of sp³-hybridized carbons (Fsp3) is 0.714. The van der Waals surface area contributed by atoms with Crippen LogP contribution >= 0.6 is 0 Å². The average molecular weight is 495 g/mol. The molecule has 35 heavy (non-hydrogen) atoms. The Bertz CT molecular complexity index is 661. The van der Waals surface area contributed by atoms with Gasteiger partial charge in [0.25, 0.3) is 0 Å². The van der Waals surface area contributed by atoms with Crippen molar-refractivity contribution in [2.24, 2.45) is 11.8 Å². The van der Waals surface area contributed by atoms with Gasteiger partial charge in [-0.3, -0.25) is 9.59 Å². The summed E-state index contributed by atoms with van der Waals surface area (Å²) in [4.78, 5) is 49.7. The molecule has 7 nitrogen and oxygen atoms in total. The number of hydrogen-bond donors (Lipinski definition) is 2. The van der Waals surface area contributed by atoms with E-state index < -0.39 is 35.7 Å². The van der Waals surface area contributed by atoms with Crippen LogP contribution in [0.4, 0.5) is 0 Å². The average Bonchev–Trinajstić information content (AvgIpc) is 2.81. The molecule has 7 heteroatoms. The Kier molecular flexibility index (Phi) is 18.4. The summed E-state index contributed by atoms with van der Waals surface area (Å²) in [6, 6.07) is 0. The van der Waals surface area contributed by atoms with Crippen molar-refractivity contribution in [1.82, 2.24) is 0 Å². The minimum Gasteiger partial charge on any atom is -0.481 e. The minimum atomic E-state index is -1.13. The molecule has 0 heterocycles. The maximum absolute atomic E-state index is 12.9. The van der Waals surface area contributed by atoms with Crippen molar-refractivity contribution in [1.29, 1.82) is 0 Å². The van der Waals surface area contributed by atoms with Crippen molar-refractivity contribution in [2.45, 2.75) is 118 Å². The monoisotopic (exact) mass is 494 g/mol. The van der Waals surface area contributed by atoms with Gasteiger partial charge in [0.2, 0.25) is 0 Å². The number of esters is 2. The molecule has 2 atom stereocenters. The summed E-state index contributed by atoms with van der Waals surface area (Å²) in [5.74, 6) is -6.42.